The minimum Gasteiger partial charge on any atom is -0.223 e. The van der Waals surface area contributed by atoms with Crippen LogP contribution in [0.3, 0.4) is 0 Å². The summed E-state index contributed by atoms with van der Waals surface area (Å²) in [7, 11) is -3.66. The fraction of sp³-hybridized carbons (Fsp3) is 0.500. The van der Waals surface area contributed by atoms with E-state index in [1.54, 1.807) is 6.08 Å². The summed E-state index contributed by atoms with van der Waals surface area (Å²) < 4.78 is 62.7. The minimum absolute atomic E-state index is 0.0694. The summed E-state index contributed by atoms with van der Waals surface area (Å²) in [6.45, 7) is 3.87. The van der Waals surface area contributed by atoms with Crippen molar-refractivity contribution in [3.8, 4) is 0 Å². The summed E-state index contributed by atoms with van der Waals surface area (Å²) in [5, 5.41) is -0.694. The first kappa shape index (κ1) is 18.7. The van der Waals surface area contributed by atoms with Gasteiger partial charge in [-0.15, -0.1) is 0 Å². The highest BCUT2D eigenvalue weighted by atomic mass is 32.2. The van der Waals surface area contributed by atoms with E-state index in [9.17, 15) is 21.6 Å². The molecule has 22 heavy (non-hydrogen) atoms. The normalized spacial score (nSPS) is 14.4. The smallest absolute Gasteiger partial charge is 0.223 e. The van der Waals surface area contributed by atoms with Crippen LogP contribution in [-0.2, 0) is 16.0 Å². The van der Waals surface area contributed by atoms with Gasteiger partial charge in [-0.3, -0.25) is 0 Å². The monoisotopic (exact) mass is 334 g/mol. The molecule has 0 aromatic heterocycles. The fourth-order valence-corrected chi connectivity index (χ4v) is 3.79. The third-order valence-corrected chi connectivity index (χ3v) is 5.41. The average molecular weight is 334 g/mol. The average Bonchev–Trinajstić information content (AvgIpc) is 2.45. The zero-order chi connectivity index (χ0) is 16.8. The van der Waals surface area contributed by atoms with Crippen molar-refractivity contribution in [2.45, 2.75) is 55.9 Å². The van der Waals surface area contributed by atoms with E-state index in [1.165, 1.54) is 0 Å². The van der Waals surface area contributed by atoms with Crippen molar-refractivity contribution in [2.75, 3.05) is 0 Å². The van der Waals surface area contributed by atoms with Gasteiger partial charge >= 0.3 is 6.18 Å². The van der Waals surface area contributed by atoms with Gasteiger partial charge in [0.05, 0.1) is 15.7 Å². The molecule has 0 fully saturated rings. The second-order valence-electron chi connectivity index (χ2n) is 5.11. The quantitative estimate of drug-likeness (QED) is 0.657. The summed E-state index contributed by atoms with van der Waals surface area (Å²) >= 11 is 0. The van der Waals surface area contributed by atoms with Crippen molar-refractivity contribution >= 4 is 9.84 Å². The van der Waals surface area contributed by atoms with E-state index < -0.39 is 26.8 Å². The molecule has 1 atom stereocenters. The molecule has 0 saturated carbocycles. The molecule has 0 N–H and O–H groups in total. The number of unbranched alkanes of at least 4 members (excludes halogenated alkanes) is 1. The molecule has 1 aromatic carbocycles. The lowest BCUT2D eigenvalue weighted by Gasteiger charge is -2.14. The molecule has 0 bridgehead atoms. The summed E-state index contributed by atoms with van der Waals surface area (Å²) in [5.41, 5.74) is -0.847. The first-order valence-electron chi connectivity index (χ1n) is 7.31. The Bertz CT molecular complexity index is 587. The lowest BCUT2D eigenvalue weighted by molar-refractivity contribution is -0.137. The van der Waals surface area contributed by atoms with E-state index in [0.717, 1.165) is 37.1 Å². The van der Waals surface area contributed by atoms with Gasteiger partial charge in [0.15, 0.2) is 9.84 Å². The highest BCUT2D eigenvalue weighted by Gasteiger charge is 2.31. The number of halogens is 3. The maximum absolute atomic E-state index is 12.5. The SMILES string of the molecule is CCC/C=C\C(CCC)S(=O)(=O)c1ccc(C(F)(F)F)cc1. The number of hydrogen-bond acceptors (Lipinski definition) is 2. The lowest BCUT2D eigenvalue weighted by Crippen LogP contribution is -2.19. The van der Waals surface area contributed by atoms with Gasteiger partial charge in [0.25, 0.3) is 0 Å². The maximum Gasteiger partial charge on any atom is 0.416 e. The molecule has 1 aromatic rings. The summed E-state index contributed by atoms with van der Waals surface area (Å²) in [6.07, 6.45) is 1.83. The molecule has 1 unspecified atom stereocenters. The molecule has 124 valence electrons. The first-order valence-corrected chi connectivity index (χ1v) is 8.86. The van der Waals surface area contributed by atoms with E-state index in [0.29, 0.717) is 12.8 Å². The van der Waals surface area contributed by atoms with Gasteiger partial charge in [-0.05, 0) is 37.1 Å². The van der Waals surface area contributed by atoms with Crippen LogP contribution in [-0.4, -0.2) is 13.7 Å². The van der Waals surface area contributed by atoms with Crippen LogP contribution in [0.5, 0.6) is 0 Å². The fourth-order valence-electron chi connectivity index (χ4n) is 2.06. The van der Waals surface area contributed by atoms with Crippen LogP contribution in [0.4, 0.5) is 13.2 Å². The number of sulfone groups is 1. The Balaban J connectivity index is 3.09. The van der Waals surface area contributed by atoms with E-state index in [4.69, 9.17) is 0 Å². The van der Waals surface area contributed by atoms with Gasteiger partial charge < -0.3 is 0 Å². The largest absolute Gasteiger partial charge is 0.416 e. The van der Waals surface area contributed by atoms with Crippen LogP contribution in [0, 0.1) is 0 Å². The molecule has 0 radical (unpaired) electrons. The minimum atomic E-state index is -4.47. The summed E-state index contributed by atoms with van der Waals surface area (Å²) in [4.78, 5) is -0.0694. The van der Waals surface area contributed by atoms with E-state index in [1.807, 2.05) is 19.9 Å². The van der Waals surface area contributed by atoms with Crippen LogP contribution >= 0.6 is 0 Å². The van der Waals surface area contributed by atoms with Crippen molar-refractivity contribution in [1.29, 1.82) is 0 Å². The zero-order valence-electron chi connectivity index (χ0n) is 12.7. The van der Waals surface area contributed by atoms with E-state index in [-0.39, 0.29) is 4.90 Å². The van der Waals surface area contributed by atoms with Gasteiger partial charge in [0.1, 0.15) is 0 Å². The highest BCUT2D eigenvalue weighted by Crippen LogP contribution is 2.30. The first-order chi connectivity index (χ1) is 10.2. The topological polar surface area (TPSA) is 34.1 Å². The molecular formula is C16H21F3O2S. The van der Waals surface area contributed by atoms with E-state index >= 15 is 0 Å². The number of rotatable bonds is 7. The molecule has 0 aliphatic rings. The van der Waals surface area contributed by atoms with Gasteiger partial charge in [0.2, 0.25) is 0 Å². The molecule has 0 spiro atoms. The van der Waals surface area contributed by atoms with Crippen LogP contribution in [0.25, 0.3) is 0 Å². The predicted molar refractivity (Wildman–Crippen MR) is 81.4 cm³/mol. The zero-order valence-corrected chi connectivity index (χ0v) is 13.5. The predicted octanol–water partition coefficient (Wildman–Crippen LogP) is 5.00. The Hall–Kier alpha value is -1.30. The third-order valence-electron chi connectivity index (χ3n) is 3.29. The van der Waals surface area contributed by atoms with Gasteiger partial charge in [-0.2, -0.15) is 13.2 Å². The van der Waals surface area contributed by atoms with E-state index in [2.05, 4.69) is 0 Å². The van der Waals surface area contributed by atoms with Crippen LogP contribution in [0.1, 0.15) is 45.1 Å². The van der Waals surface area contributed by atoms with Gasteiger partial charge in [0, 0.05) is 0 Å². The molecular weight excluding hydrogens is 313 g/mol. The lowest BCUT2D eigenvalue weighted by atomic mass is 10.2. The molecule has 0 amide bonds. The number of alkyl halides is 3. The molecule has 0 heterocycles. The molecule has 0 aliphatic carbocycles. The van der Waals surface area contributed by atoms with Crippen molar-refractivity contribution in [3.05, 3.63) is 42.0 Å². The molecule has 0 aliphatic heterocycles. The third kappa shape index (κ3) is 4.87. The molecule has 0 saturated heterocycles. The molecule has 1 rings (SSSR count). The van der Waals surface area contributed by atoms with Gasteiger partial charge in [-0.1, -0.05) is 38.8 Å². The Morgan fingerprint density at radius 3 is 2.14 bits per heavy atom. The Morgan fingerprint density at radius 2 is 1.68 bits per heavy atom. The van der Waals surface area contributed by atoms with Crippen molar-refractivity contribution in [3.63, 3.8) is 0 Å². The summed E-state index contributed by atoms with van der Waals surface area (Å²) in [5.74, 6) is 0. The van der Waals surface area contributed by atoms with Crippen LogP contribution < -0.4 is 0 Å². The highest BCUT2D eigenvalue weighted by molar-refractivity contribution is 7.92. The van der Waals surface area contributed by atoms with Crippen molar-refractivity contribution in [1.82, 2.24) is 0 Å². The second-order valence-corrected chi connectivity index (χ2v) is 7.28. The Kier molecular flexibility index (Phi) is 6.66. The van der Waals surface area contributed by atoms with Gasteiger partial charge in [-0.25, -0.2) is 8.42 Å². The number of hydrogen-bond donors (Lipinski definition) is 0. The number of benzene rings is 1. The van der Waals surface area contributed by atoms with Crippen molar-refractivity contribution in [2.24, 2.45) is 0 Å². The second kappa shape index (κ2) is 7.81. The van der Waals surface area contributed by atoms with Crippen LogP contribution in [0.15, 0.2) is 41.3 Å². The summed E-state index contributed by atoms with van der Waals surface area (Å²) in [6, 6.07) is 3.69. The van der Waals surface area contributed by atoms with Crippen LogP contribution in [0.2, 0.25) is 0 Å². The Morgan fingerprint density at radius 1 is 1.09 bits per heavy atom. The molecule has 2 nitrogen and oxygen atoms in total. The Labute approximate surface area is 130 Å². The standard InChI is InChI=1S/C16H21F3O2S/c1-3-5-6-8-14(7-4-2)22(20,21)15-11-9-13(10-12-15)16(17,18)19/h6,8-12,14H,3-5,7H2,1-2H3/b8-6-. The maximum atomic E-state index is 12.5. The molecule has 6 heteroatoms. The van der Waals surface area contributed by atoms with Crippen molar-refractivity contribution < 1.29 is 21.6 Å². The number of allylic oxidation sites excluding steroid dienone is 1.